The molecule has 142 valence electrons. The predicted molar refractivity (Wildman–Crippen MR) is 102 cm³/mol. The SMILES string of the molecule is CCC(CCCC(C)OC(=O)/C=C/C=C/c1ccccc1)OC(=O)OC. The van der Waals surface area contributed by atoms with Gasteiger partial charge in [0, 0.05) is 6.08 Å². The van der Waals surface area contributed by atoms with Crippen molar-refractivity contribution >= 4 is 18.2 Å². The Morgan fingerprint density at radius 2 is 1.81 bits per heavy atom. The molecule has 1 aromatic carbocycles. The van der Waals surface area contributed by atoms with Crippen molar-refractivity contribution in [1.29, 1.82) is 0 Å². The molecule has 0 amide bonds. The zero-order valence-corrected chi connectivity index (χ0v) is 15.7. The maximum Gasteiger partial charge on any atom is 0.508 e. The first-order valence-corrected chi connectivity index (χ1v) is 8.90. The van der Waals surface area contributed by atoms with E-state index in [1.165, 1.54) is 13.2 Å². The highest BCUT2D eigenvalue weighted by Gasteiger charge is 2.14. The summed E-state index contributed by atoms with van der Waals surface area (Å²) in [7, 11) is 1.29. The van der Waals surface area contributed by atoms with Crippen molar-refractivity contribution < 1.29 is 23.8 Å². The summed E-state index contributed by atoms with van der Waals surface area (Å²) < 4.78 is 14.9. The standard InChI is InChI=1S/C21H28O5/c1-4-19(26-21(23)24-3)15-10-11-17(2)25-20(22)16-9-8-14-18-12-6-5-7-13-18/h5-9,12-14,16-17,19H,4,10-11,15H2,1-3H3/b14-8+,16-9+. The van der Waals surface area contributed by atoms with Crippen molar-refractivity contribution in [2.75, 3.05) is 7.11 Å². The number of hydrogen-bond acceptors (Lipinski definition) is 5. The van der Waals surface area contributed by atoms with Crippen molar-refractivity contribution in [3.05, 3.63) is 54.1 Å². The first-order chi connectivity index (χ1) is 12.5. The van der Waals surface area contributed by atoms with E-state index in [1.807, 2.05) is 50.3 Å². The second kappa shape index (κ2) is 12.8. The third-order valence-corrected chi connectivity index (χ3v) is 3.77. The van der Waals surface area contributed by atoms with Crippen molar-refractivity contribution in [1.82, 2.24) is 0 Å². The number of ether oxygens (including phenoxy) is 3. The van der Waals surface area contributed by atoms with Gasteiger partial charge in [-0.25, -0.2) is 9.59 Å². The molecule has 0 aliphatic heterocycles. The summed E-state index contributed by atoms with van der Waals surface area (Å²) in [4.78, 5) is 22.9. The van der Waals surface area contributed by atoms with Gasteiger partial charge in [0.05, 0.1) is 13.2 Å². The molecule has 0 spiro atoms. The van der Waals surface area contributed by atoms with Crippen LogP contribution in [-0.2, 0) is 19.0 Å². The Bertz CT molecular complexity index is 592. The van der Waals surface area contributed by atoms with Crippen LogP contribution in [0.15, 0.2) is 48.6 Å². The van der Waals surface area contributed by atoms with Crippen LogP contribution in [0.25, 0.3) is 6.08 Å². The van der Waals surface area contributed by atoms with Crippen LogP contribution in [0.4, 0.5) is 4.79 Å². The monoisotopic (exact) mass is 360 g/mol. The van der Waals surface area contributed by atoms with Gasteiger partial charge in [-0.1, -0.05) is 55.5 Å². The van der Waals surface area contributed by atoms with E-state index in [1.54, 1.807) is 12.2 Å². The molecule has 5 heteroatoms. The number of esters is 1. The summed E-state index contributed by atoms with van der Waals surface area (Å²) in [5.41, 5.74) is 1.07. The Kier molecular flexibility index (Phi) is 10.5. The summed E-state index contributed by atoms with van der Waals surface area (Å²) in [5.74, 6) is -0.368. The molecule has 1 aromatic rings. The molecule has 0 saturated carbocycles. The van der Waals surface area contributed by atoms with Gasteiger partial charge in [0.15, 0.2) is 0 Å². The summed E-state index contributed by atoms with van der Waals surface area (Å²) in [6.45, 7) is 3.80. The molecule has 0 heterocycles. The Labute approximate surface area is 155 Å². The van der Waals surface area contributed by atoms with Crippen molar-refractivity contribution in [2.45, 2.75) is 51.7 Å². The molecule has 0 aromatic heterocycles. The minimum absolute atomic E-state index is 0.173. The summed E-state index contributed by atoms with van der Waals surface area (Å²) in [5, 5.41) is 0. The molecule has 2 unspecified atom stereocenters. The lowest BCUT2D eigenvalue weighted by Crippen LogP contribution is -2.19. The number of benzene rings is 1. The fraction of sp³-hybridized carbons (Fsp3) is 0.429. The molecule has 0 N–H and O–H groups in total. The smallest absolute Gasteiger partial charge is 0.460 e. The third-order valence-electron chi connectivity index (χ3n) is 3.77. The van der Waals surface area contributed by atoms with Gasteiger partial charge < -0.3 is 14.2 Å². The molecule has 0 saturated heterocycles. The molecule has 0 fully saturated rings. The van der Waals surface area contributed by atoms with Gasteiger partial charge in [0.2, 0.25) is 0 Å². The van der Waals surface area contributed by atoms with Crippen LogP contribution in [0, 0.1) is 0 Å². The summed E-state index contributed by atoms with van der Waals surface area (Å²) >= 11 is 0. The van der Waals surface area contributed by atoms with E-state index in [2.05, 4.69) is 4.74 Å². The van der Waals surface area contributed by atoms with E-state index in [0.29, 0.717) is 12.8 Å². The fourth-order valence-corrected chi connectivity index (χ4v) is 2.32. The summed E-state index contributed by atoms with van der Waals surface area (Å²) in [6, 6.07) is 9.84. The lowest BCUT2D eigenvalue weighted by Gasteiger charge is -2.16. The van der Waals surface area contributed by atoms with Crippen LogP contribution < -0.4 is 0 Å². The molecule has 0 bridgehead atoms. The number of methoxy groups -OCH3 is 1. The fourth-order valence-electron chi connectivity index (χ4n) is 2.32. The van der Waals surface area contributed by atoms with E-state index >= 15 is 0 Å². The Morgan fingerprint density at radius 3 is 2.46 bits per heavy atom. The molecule has 0 aliphatic rings. The third kappa shape index (κ3) is 9.67. The molecular formula is C21H28O5. The second-order valence-corrected chi connectivity index (χ2v) is 5.91. The van der Waals surface area contributed by atoms with Crippen molar-refractivity contribution in [3.63, 3.8) is 0 Å². The van der Waals surface area contributed by atoms with Crippen molar-refractivity contribution in [3.8, 4) is 0 Å². The van der Waals surface area contributed by atoms with E-state index in [-0.39, 0.29) is 18.2 Å². The minimum Gasteiger partial charge on any atom is -0.460 e. The Hall–Kier alpha value is -2.56. The van der Waals surface area contributed by atoms with Gasteiger partial charge in [-0.05, 0) is 38.2 Å². The predicted octanol–water partition coefficient (Wildman–Crippen LogP) is 4.92. The van der Waals surface area contributed by atoms with Gasteiger partial charge in [0.1, 0.15) is 6.10 Å². The topological polar surface area (TPSA) is 61.8 Å². The average Bonchev–Trinajstić information content (AvgIpc) is 2.65. The number of allylic oxidation sites excluding steroid dienone is 2. The van der Waals surface area contributed by atoms with E-state index in [9.17, 15) is 9.59 Å². The lowest BCUT2D eigenvalue weighted by molar-refractivity contribution is -0.142. The highest BCUT2D eigenvalue weighted by Crippen LogP contribution is 2.12. The van der Waals surface area contributed by atoms with E-state index < -0.39 is 6.16 Å². The van der Waals surface area contributed by atoms with Gasteiger partial charge in [0.25, 0.3) is 0 Å². The summed E-state index contributed by atoms with van der Waals surface area (Å²) in [6.07, 6.45) is 8.70. The molecule has 2 atom stereocenters. The Balaban J connectivity index is 2.26. The first-order valence-electron chi connectivity index (χ1n) is 8.90. The largest absolute Gasteiger partial charge is 0.508 e. The van der Waals surface area contributed by atoms with Crippen molar-refractivity contribution in [2.24, 2.45) is 0 Å². The number of carbonyl (C=O) groups excluding carboxylic acids is 2. The lowest BCUT2D eigenvalue weighted by atomic mass is 10.1. The maximum absolute atomic E-state index is 11.8. The maximum atomic E-state index is 11.8. The first kappa shape index (κ1) is 21.5. The second-order valence-electron chi connectivity index (χ2n) is 5.91. The van der Waals surface area contributed by atoms with Crippen LogP contribution in [0.5, 0.6) is 0 Å². The zero-order valence-electron chi connectivity index (χ0n) is 15.7. The van der Waals surface area contributed by atoms with E-state index in [0.717, 1.165) is 18.4 Å². The van der Waals surface area contributed by atoms with Gasteiger partial charge >= 0.3 is 12.1 Å². The zero-order chi connectivity index (χ0) is 19.2. The van der Waals surface area contributed by atoms with Crippen LogP contribution in [-0.4, -0.2) is 31.4 Å². The van der Waals surface area contributed by atoms with Gasteiger partial charge in [-0.3, -0.25) is 0 Å². The van der Waals surface area contributed by atoms with Crippen LogP contribution in [0.2, 0.25) is 0 Å². The number of rotatable bonds is 10. The highest BCUT2D eigenvalue weighted by molar-refractivity contribution is 5.82. The molecule has 0 radical (unpaired) electrons. The van der Waals surface area contributed by atoms with E-state index in [4.69, 9.17) is 9.47 Å². The quantitative estimate of drug-likeness (QED) is 0.337. The normalized spacial score (nSPS) is 13.5. The molecule has 5 nitrogen and oxygen atoms in total. The molecule has 26 heavy (non-hydrogen) atoms. The van der Waals surface area contributed by atoms with Gasteiger partial charge in [-0.15, -0.1) is 0 Å². The highest BCUT2D eigenvalue weighted by atomic mass is 16.7. The minimum atomic E-state index is -0.662. The molecule has 0 aliphatic carbocycles. The van der Waals surface area contributed by atoms with Crippen LogP contribution >= 0.6 is 0 Å². The number of carbonyl (C=O) groups is 2. The molecular weight excluding hydrogens is 332 g/mol. The number of hydrogen-bond donors (Lipinski definition) is 0. The van der Waals surface area contributed by atoms with Crippen LogP contribution in [0.3, 0.4) is 0 Å². The average molecular weight is 360 g/mol. The van der Waals surface area contributed by atoms with Crippen LogP contribution in [0.1, 0.15) is 45.1 Å². The molecule has 1 rings (SSSR count). The Morgan fingerprint density at radius 1 is 1.08 bits per heavy atom. The van der Waals surface area contributed by atoms with Gasteiger partial charge in [-0.2, -0.15) is 0 Å².